The highest BCUT2D eigenvalue weighted by atomic mass is 32.2. The van der Waals surface area contributed by atoms with Crippen LogP contribution in [0.3, 0.4) is 0 Å². The van der Waals surface area contributed by atoms with Crippen molar-refractivity contribution in [2.24, 2.45) is 0 Å². The fourth-order valence-electron chi connectivity index (χ4n) is 2.52. The van der Waals surface area contributed by atoms with Gasteiger partial charge in [0, 0.05) is 12.1 Å². The SMILES string of the molecule is CC[C@H](C)N(C(=O)CSc1n[nH]c(N)n1)[C@H]1CCS(=O)(=O)C1. The van der Waals surface area contributed by atoms with Crippen molar-refractivity contribution < 1.29 is 13.2 Å². The lowest BCUT2D eigenvalue weighted by molar-refractivity contribution is -0.132. The van der Waals surface area contributed by atoms with Crippen LogP contribution in [0.2, 0.25) is 0 Å². The predicted octanol–water partition coefficient (Wildman–Crippen LogP) is 0.293. The number of carbonyl (C=O) groups excluding carboxylic acids is 1. The van der Waals surface area contributed by atoms with Crippen molar-refractivity contribution in [3.8, 4) is 0 Å². The molecule has 1 fully saturated rings. The Balaban J connectivity index is 2.03. The number of amides is 1. The van der Waals surface area contributed by atoms with Crippen molar-refractivity contribution in [1.29, 1.82) is 0 Å². The molecule has 1 saturated heterocycles. The Morgan fingerprint density at radius 3 is 2.82 bits per heavy atom. The molecular weight excluding hydrogens is 326 g/mol. The van der Waals surface area contributed by atoms with Gasteiger partial charge in [0.05, 0.1) is 17.3 Å². The monoisotopic (exact) mass is 347 g/mol. The van der Waals surface area contributed by atoms with Crippen LogP contribution in [-0.4, -0.2) is 63.7 Å². The van der Waals surface area contributed by atoms with Gasteiger partial charge in [0.15, 0.2) is 9.84 Å². The first-order valence-corrected chi connectivity index (χ1v) is 9.95. The number of hydrogen-bond acceptors (Lipinski definition) is 7. The fraction of sp³-hybridized carbons (Fsp3) is 0.750. The second kappa shape index (κ2) is 6.86. The third-order valence-corrected chi connectivity index (χ3v) is 6.34. The van der Waals surface area contributed by atoms with Crippen LogP contribution in [0, 0.1) is 0 Å². The summed E-state index contributed by atoms with van der Waals surface area (Å²) in [5, 5.41) is 6.79. The van der Waals surface area contributed by atoms with E-state index in [1.807, 2.05) is 13.8 Å². The summed E-state index contributed by atoms with van der Waals surface area (Å²) in [5.74, 6) is 0.489. The summed E-state index contributed by atoms with van der Waals surface area (Å²) in [4.78, 5) is 18.2. The van der Waals surface area contributed by atoms with E-state index in [0.29, 0.717) is 11.6 Å². The predicted molar refractivity (Wildman–Crippen MR) is 85.2 cm³/mol. The average molecular weight is 347 g/mol. The molecule has 1 amide bonds. The number of aromatic amines is 1. The van der Waals surface area contributed by atoms with Gasteiger partial charge in [-0.1, -0.05) is 18.7 Å². The van der Waals surface area contributed by atoms with Gasteiger partial charge >= 0.3 is 0 Å². The highest BCUT2D eigenvalue weighted by molar-refractivity contribution is 7.99. The first-order valence-electron chi connectivity index (χ1n) is 7.14. The Labute approximate surface area is 134 Å². The summed E-state index contributed by atoms with van der Waals surface area (Å²) in [5.41, 5.74) is 5.44. The molecule has 10 heteroatoms. The van der Waals surface area contributed by atoms with Crippen molar-refractivity contribution in [2.75, 3.05) is 23.0 Å². The first kappa shape index (κ1) is 17.1. The molecule has 0 unspecified atom stereocenters. The van der Waals surface area contributed by atoms with E-state index in [-0.39, 0.29) is 41.2 Å². The molecule has 0 radical (unpaired) electrons. The van der Waals surface area contributed by atoms with Gasteiger partial charge in [-0.15, -0.1) is 5.10 Å². The third kappa shape index (κ3) is 4.13. The Morgan fingerprint density at radius 2 is 2.32 bits per heavy atom. The summed E-state index contributed by atoms with van der Waals surface area (Å²) in [6, 6.07) is -0.228. The quantitative estimate of drug-likeness (QED) is 0.709. The fourth-order valence-corrected chi connectivity index (χ4v) is 4.91. The van der Waals surface area contributed by atoms with Gasteiger partial charge in [-0.3, -0.25) is 4.79 Å². The molecular formula is C12H21N5O3S2. The second-order valence-corrected chi connectivity index (χ2v) is 8.58. The maximum Gasteiger partial charge on any atom is 0.233 e. The zero-order chi connectivity index (χ0) is 16.3. The zero-order valence-electron chi connectivity index (χ0n) is 12.7. The number of aromatic nitrogens is 3. The van der Waals surface area contributed by atoms with Crippen LogP contribution in [0.15, 0.2) is 5.16 Å². The minimum atomic E-state index is -3.03. The van der Waals surface area contributed by atoms with Crippen molar-refractivity contribution in [3.05, 3.63) is 0 Å². The average Bonchev–Trinajstić information content (AvgIpc) is 3.02. The molecule has 0 spiro atoms. The molecule has 1 aromatic rings. The summed E-state index contributed by atoms with van der Waals surface area (Å²) in [7, 11) is -3.03. The van der Waals surface area contributed by atoms with E-state index in [2.05, 4.69) is 15.2 Å². The van der Waals surface area contributed by atoms with E-state index in [4.69, 9.17) is 5.73 Å². The minimum absolute atomic E-state index is 0.00334. The van der Waals surface area contributed by atoms with E-state index in [1.165, 1.54) is 11.8 Å². The minimum Gasteiger partial charge on any atom is -0.368 e. The van der Waals surface area contributed by atoms with Crippen molar-refractivity contribution in [3.63, 3.8) is 0 Å². The van der Waals surface area contributed by atoms with Crippen molar-refractivity contribution in [1.82, 2.24) is 20.1 Å². The van der Waals surface area contributed by atoms with Gasteiger partial charge in [0.2, 0.25) is 17.0 Å². The van der Waals surface area contributed by atoms with Crippen LogP contribution >= 0.6 is 11.8 Å². The topological polar surface area (TPSA) is 122 Å². The standard InChI is InChI=1S/C12H21N5O3S2/c1-3-8(2)17(9-4-5-22(19,20)7-9)10(18)6-21-12-14-11(13)15-16-12/h8-9H,3-7H2,1-2H3,(H3,13,14,15,16)/t8-,9-/m0/s1. The lowest BCUT2D eigenvalue weighted by Gasteiger charge is -2.33. The van der Waals surface area contributed by atoms with Gasteiger partial charge in [-0.25, -0.2) is 13.5 Å². The number of sulfone groups is 1. The molecule has 124 valence electrons. The molecule has 0 aromatic carbocycles. The van der Waals surface area contributed by atoms with E-state index in [1.54, 1.807) is 4.90 Å². The molecule has 1 aromatic heterocycles. The van der Waals surface area contributed by atoms with Crippen molar-refractivity contribution >= 4 is 33.5 Å². The molecule has 2 atom stereocenters. The van der Waals surface area contributed by atoms with Gasteiger partial charge in [-0.2, -0.15) is 4.98 Å². The molecule has 0 saturated carbocycles. The van der Waals surface area contributed by atoms with Crippen LogP contribution in [0.5, 0.6) is 0 Å². The zero-order valence-corrected chi connectivity index (χ0v) is 14.3. The number of hydrogen-bond donors (Lipinski definition) is 2. The highest BCUT2D eigenvalue weighted by Crippen LogP contribution is 2.23. The highest BCUT2D eigenvalue weighted by Gasteiger charge is 2.36. The number of nitrogen functional groups attached to an aromatic ring is 1. The summed E-state index contributed by atoms with van der Waals surface area (Å²) in [6.45, 7) is 3.93. The van der Waals surface area contributed by atoms with Crippen LogP contribution < -0.4 is 5.73 Å². The Hall–Kier alpha value is -1.29. The van der Waals surface area contributed by atoms with Crippen LogP contribution in [0.1, 0.15) is 26.7 Å². The molecule has 22 heavy (non-hydrogen) atoms. The molecule has 0 aliphatic carbocycles. The van der Waals surface area contributed by atoms with E-state index in [0.717, 1.165) is 6.42 Å². The molecule has 2 rings (SSSR count). The van der Waals surface area contributed by atoms with E-state index >= 15 is 0 Å². The summed E-state index contributed by atoms with van der Waals surface area (Å²) in [6.07, 6.45) is 1.29. The van der Waals surface area contributed by atoms with E-state index < -0.39 is 9.84 Å². The Kier molecular flexibility index (Phi) is 5.32. The number of rotatable bonds is 6. The smallest absolute Gasteiger partial charge is 0.233 e. The lowest BCUT2D eigenvalue weighted by atomic mass is 10.1. The van der Waals surface area contributed by atoms with Gasteiger partial charge in [-0.05, 0) is 19.8 Å². The van der Waals surface area contributed by atoms with Gasteiger partial charge in [0.25, 0.3) is 0 Å². The number of nitrogens with two attached hydrogens (primary N) is 1. The largest absolute Gasteiger partial charge is 0.368 e. The molecule has 3 N–H and O–H groups in total. The molecule has 1 aliphatic heterocycles. The molecule has 8 nitrogen and oxygen atoms in total. The van der Waals surface area contributed by atoms with Gasteiger partial charge < -0.3 is 10.6 Å². The molecule has 0 bridgehead atoms. The van der Waals surface area contributed by atoms with Crippen molar-refractivity contribution in [2.45, 2.75) is 43.9 Å². The number of nitrogens with one attached hydrogen (secondary N) is 1. The lowest BCUT2D eigenvalue weighted by Crippen LogP contribution is -2.47. The molecule has 2 heterocycles. The Morgan fingerprint density at radius 1 is 1.59 bits per heavy atom. The molecule has 1 aliphatic rings. The Bertz CT molecular complexity index is 630. The number of carbonyl (C=O) groups is 1. The normalized spacial score (nSPS) is 21.6. The van der Waals surface area contributed by atoms with E-state index in [9.17, 15) is 13.2 Å². The van der Waals surface area contributed by atoms with Crippen LogP contribution in [0.25, 0.3) is 0 Å². The van der Waals surface area contributed by atoms with Gasteiger partial charge in [0.1, 0.15) is 0 Å². The van der Waals surface area contributed by atoms with Crippen LogP contribution in [0.4, 0.5) is 5.95 Å². The first-order chi connectivity index (χ1) is 10.3. The number of nitrogens with zero attached hydrogens (tertiary/aromatic N) is 3. The number of anilines is 1. The number of H-pyrrole nitrogens is 1. The summed E-state index contributed by atoms with van der Waals surface area (Å²) < 4.78 is 23.4. The van der Waals surface area contributed by atoms with Crippen LogP contribution in [-0.2, 0) is 14.6 Å². The number of thioether (sulfide) groups is 1. The summed E-state index contributed by atoms with van der Waals surface area (Å²) >= 11 is 1.19. The maximum absolute atomic E-state index is 12.5. The third-order valence-electron chi connectivity index (χ3n) is 3.76. The maximum atomic E-state index is 12.5. The second-order valence-electron chi connectivity index (χ2n) is 5.41.